The summed E-state index contributed by atoms with van der Waals surface area (Å²) in [6, 6.07) is 0. The predicted octanol–water partition coefficient (Wildman–Crippen LogP) is -0.387. The Hall–Kier alpha value is 0.690. The van der Waals surface area contributed by atoms with Gasteiger partial charge < -0.3 is 17.1 Å². The Kier molecular flexibility index (Phi) is 45.9. The van der Waals surface area contributed by atoms with E-state index in [-0.39, 0.29) is 45.2 Å². The van der Waals surface area contributed by atoms with Crippen LogP contribution in [0.2, 0.25) is 0 Å². The smallest absolute Gasteiger partial charge is 0.509 e. The van der Waals surface area contributed by atoms with E-state index in [1.54, 1.807) is 0 Å². The second kappa shape index (κ2) is 17.3. The molecule has 0 aromatic carbocycles. The maximum absolute atomic E-state index is 8.58. The van der Waals surface area contributed by atoms with E-state index in [9.17, 15) is 0 Å². The molecule has 0 aliphatic rings. The standard InChI is InChI=1S/CHO3.CH3.Ca/c2-1-4-3;;/h3H;1H3;/q2*-1;+2. The molecule has 0 rings (SSSR count). The van der Waals surface area contributed by atoms with Gasteiger partial charge in [-0.05, 0) is 6.47 Å². The van der Waals surface area contributed by atoms with Gasteiger partial charge in [0, 0.05) is 0 Å². The number of hydrogen-bond donors (Lipinski definition) is 1. The monoisotopic (exact) mass is 116 g/mol. The van der Waals surface area contributed by atoms with Crippen molar-refractivity contribution < 1.29 is 14.9 Å². The number of hydrogen-bond acceptors (Lipinski definition) is 3. The average molecular weight is 116 g/mol. The summed E-state index contributed by atoms with van der Waals surface area (Å²) >= 11 is 0. The Bertz CT molecular complexity index is 22.8. The molecule has 0 bridgehead atoms. The van der Waals surface area contributed by atoms with Crippen LogP contribution in [-0.2, 0) is 9.68 Å². The van der Waals surface area contributed by atoms with Crippen molar-refractivity contribution in [2.45, 2.75) is 0 Å². The molecule has 0 saturated carbocycles. The summed E-state index contributed by atoms with van der Waals surface area (Å²) < 4.78 is 0. The van der Waals surface area contributed by atoms with Gasteiger partial charge in [-0.2, -0.15) is 0 Å². The number of carbonyl (C=O) groups excluding carboxylic acids is 1. The topological polar surface area (TPSA) is 46.5 Å². The van der Waals surface area contributed by atoms with Crippen LogP contribution in [0.5, 0.6) is 0 Å². The summed E-state index contributed by atoms with van der Waals surface area (Å²) in [5.74, 6) is 0. The fraction of sp³-hybridized carbons (Fsp3) is 0. The van der Waals surface area contributed by atoms with Gasteiger partial charge in [0.2, 0.25) is 0 Å². The molecule has 0 radical (unpaired) electrons. The van der Waals surface area contributed by atoms with Crippen LogP contribution >= 0.6 is 0 Å². The molecule has 1 N–H and O–H groups in total. The molecule has 0 heterocycles. The van der Waals surface area contributed by atoms with Crippen molar-refractivity contribution in [2.24, 2.45) is 0 Å². The third kappa shape index (κ3) is 22.4. The molecule has 4 heteroatoms. The fourth-order valence-electron chi connectivity index (χ4n) is 0. The van der Waals surface area contributed by atoms with Crippen LogP contribution in [0.25, 0.3) is 0 Å². The Morgan fingerprint density at radius 3 is 1.83 bits per heavy atom. The molecule has 0 aromatic heterocycles. The molecular weight excluding hydrogens is 112 g/mol. The van der Waals surface area contributed by atoms with Gasteiger partial charge in [-0.1, -0.05) is 0 Å². The molecule has 0 aromatic rings. The van der Waals surface area contributed by atoms with Gasteiger partial charge in [0.25, 0.3) is 0 Å². The third-order valence-electron chi connectivity index (χ3n) is 0.0373. The first kappa shape index (κ1) is 15.9. The molecule has 3 nitrogen and oxygen atoms in total. The second-order valence-corrected chi connectivity index (χ2v) is 0.175. The van der Waals surface area contributed by atoms with E-state index in [1.807, 2.05) is 0 Å². The zero-order valence-electron chi connectivity index (χ0n) is 3.47. The summed E-state index contributed by atoms with van der Waals surface area (Å²) in [7, 11) is 0. The molecule has 0 atom stereocenters. The van der Waals surface area contributed by atoms with E-state index >= 15 is 0 Å². The van der Waals surface area contributed by atoms with Crippen LogP contribution in [0.4, 0.5) is 0 Å². The Morgan fingerprint density at radius 2 is 1.83 bits per heavy atom. The first-order chi connectivity index (χ1) is 1.91. The Labute approximate surface area is 66.2 Å². The quantitative estimate of drug-likeness (QED) is 0.220. The van der Waals surface area contributed by atoms with Crippen molar-refractivity contribution in [1.29, 1.82) is 0 Å². The van der Waals surface area contributed by atoms with Crippen LogP contribution in [0.15, 0.2) is 0 Å². The van der Waals surface area contributed by atoms with Crippen LogP contribution in [0.3, 0.4) is 0 Å². The van der Waals surface area contributed by atoms with Crippen LogP contribution in [0.1, 0.15) is 0 Å². The summed E-state index contributed by atoms with van der Waals surface area (Å²) in [6.07, 6.45) is 0. The van der Waals surface area contributed by atoms with Gasteiger partial charge in [-0.3, -0.25) is 0 Å². The van der Waals surface area contributed by atoms with E-state index in [0.29, 0.717) is 0 Å². The molecule has 0 aliphatic heterocycles. The largest absolute Gasteiger partial charge is 2.00 e. The van der Waals surface area contributed by atoms with Gasteiger partial charge in [0.1, 0.15) is 0 Å². The minimum atomic E-state index is 0. The molecular formula is C2H4CaO3. The maximum Gasteiger partial charge on any atom is 2.00 e. The zero-order valence-corrected chi connectivity index (χ0v) is 5.68. The SMILES string of the molecule is O=[C-]OO.[CH3-].[Ca+2]. The summed E-state index contributed by atoms with van der Waals surface area (Å²) in [5, 5.41) is 6.95. The molecule has 0 amide bonds. The molecule has 6 heavy (non-hydrogen) atoms. The maximum atomic E-state index is 8.58. The average Bonchev–Trinajstić information content (AvgIpc) is 1.37. The normalized spacial score (nSPS) is 3.50. The Morgan fingerprint density at radius 1 is 1.67 bits per heavy atom. The van der Waals surface area contributed by atoms with Crippen molar-refractivity contribution in [3.63, 3.8) is 0 Å². The van der Waals surface area contributed by atoms with E-state index in [1.165, 1.54) is 0 Å². The third-order valence-corrected chi connectivity index (χ3v) is 0.0373. The van der Waals surface area contributed by atoms with Gasteiger partial charge >= 0.3 is 37.7 Å². The molecule has 0 spiro atoms. The van der Waals surface area contributed by atoms with E-state index in [0.717, 1.165) is 6.47 Å². The van der Waals surface area contributed by atoms with Gasteiger partial charge in [-0.15, -0.1) is 0 Å². The number of rotatable bonds is 1. The second-order valence-electron chi connectivity index (χ2n) is 0.175. The molecule has 0 unspecified atom stereocenters. The van der Waals surface area contributed by atoms with E-state index in [4.69, 9.17) is 10.1 Å². The molecule has 0 fully saturated rings. The minimum absolute atomic E-state index is 0. The van der Waals surface area contributed by atoms with E-state index < -0.39 is 0 Å². The van der Waals surface area contributed by atoms with Gasteiger partial charge in [0.05, 0.1) is 0 Å². The van der Waals surface area contributed by atoms with Crippen molar-refractivity contribution >= 4 is 44.2 Å². The summed E-state index contributed by atoms with van der Waals surface area (Å²) in [4.78, 5) is 11.3. The fourth-order valence-corrected chi connectivity index (χ4v) is 0. The molecule has 32 valence electrons. The van der Waals surface area contributed by atoms with Gasteiger partial charge in [-0.25, -0.2) is 5.26 Å². The van der Waals surface area contributed by atoms with Crippen LogP contribution < -0.4 is 0 Å². The first-order valence-corrected chi connectivity index (χ1v) is 0.591. The van der Waals surface area contributed by atoms with Crippen molar-refractivity contribution in [1.82, 2.24) is 0 Å². The minimum Gasteiger partial charge on any atom is -0.509 e. The summed E-state index contributed by atoms with van der Waals surface area (Å²) in [5.41, 5.74) is 0. The van der Waals surface area contributed by atoms with Crippen molar-refractivity contribution in [2.75, 3.05) is 0 Å². The van der Waals surface area contributed by atoms with E-state index in [2.05, 4.69) is 4.89 Å². The van der Waals surface area contributed by atoms with Crippen molar-refractivity contribution in [3.05, 3.63) is 7.43 Å². The Balaban J connectivity index is -0.0000000450. The van der Waals surface area contributed by atoms with Gasteiger partial charge in [0.15, 0.2) is 0 Å². The molecule has 0 aliphatic carbocycles. The van der Waals surface area contributed by atoms with Crippen LogP contribution in [0, 0.1) is 7.43 Å². The summed E-state index contributed by atoms with van der Waals surface area (Å²) in [6.45, 7) is 0.736. The van der Waals surface area contributed by atoms with Crippen molar-refractivity contribution in [3.8, 4) is 0 Å². The molecule has 0 saturated heterocycles. The van der Waals surface area contributed by atoms with Crippen LogP contribution in [-0.4, -0.2) is 49.5 Å². The zero-order chi connectivity index (χ0) is 3.41. The first-order valence-electron chi connectivity index (χ1n) is 0.591. The predicted molar refractivity (Wildman–Crippen MR) is 21.6 cm³/mol.